The second kappa shape index (κ2) is 7.08. The zero-order chi connectivity index (χ0) is 16.1. The third-order valence-electron chi connectivity index (χ3n) is 3.85. The average molecular weight is 304 g/mol. The number of hydrogen-bond acceptors (Lipinski definition) is 4. The fourth-order valence-electron chi connectivity index (χ4n) is 2.52. The van der Waals surface area contributed by atoms with Crippen molar-refractivity contribution in [2.75, 3.05) is 18.8 Å². The SMILES string of the molecule is Cc1ncc(CN2CC=C(C#Cc3ccccc3)CC2)c(N)n1. The molecule has 0 amide bonds. The van der Waals surface area contributed by atoms with Crippen LogP contribution in [0.1, 0.15) is 23.4 Å². The van der Waals surface area contributed by atoms with Crippen molar-refractivity contribution in [2.45, 2.75) is 19.9 Å². The lowest BCUT2D eigenvalue weighted by Gasteiger charge is -2.25. The third-order valence-corrected chi connectivity index (χ3v) is 3.85. The van der Waals surface area contributed by atoms with Crippen LogP contribution in [0.25, 0.3) is 0 Å². The molecule has 0 bridgehead atoms. The zero-order valence-corrected chi connectivity index (χ0v) is 13.3. The molecule has 0 atom stereocenters. The molecule has 0 aliphatic carbocycles. The van der Waals surface area contributed by atoms with E-state index in [2.05, 4.69) is 32.8 Å². The van der Waals surface area contributed by atoms with Gasteiger partial charge in [-0.15, -0.1) is 0 Å². The van der Waals surface area contributed by atoms with Gasteiger partial charge in [0.2, 0.25) is 0 Å². The number of aromatic nitrogens is 2. The van der Waals surface area contributed by atoms with Gasteiger partial charge in [-0.2, -0.15) is 0 Å². The van der Waals surface area contributed by atoms with Crippen LogP contribution in [-0.4, -0.2) is 28.0 Å². The Morgan fingerprint density at radius 2 is 2.04 bits per heavy atom. The fraction of sp³-hybridized carbons (Fsp3) is 0.263. The first-order valence-electron chi connectivity index (χ1n) is 7.77. The lowest BCUT2D eigenvalue weighted by atomic mass is 10.1. The van der Waals surface area contributed by atoms with Gasteiger partial charge in [-0.3, -0.25) is 4.90 Å². The second-order valence-electron chi connectivity index (χ2n) is 5.66. The van der Waals surface area contributed by atoms with Crippen LogP contribution in [0, 0.1) is 18.8 Å². The molecule has 2 aromatic rings. The molecule has 2 N–H and O–H groups in total. The summed E-state index contributed by atoms with van der Waals surface area (Å²) in [6.07, 6.45) is 4.99. The highest BCUT2D eigenvalue weighted by molar-refractivity contribution is 5.41. The summed E-state index contributed by atoms with van der Waals surface area (Å²) in [4.78, 5) is 10.8. The molecule has 4 nitrogen and oxygen atoms in total. The molecule has 116 valence electrons. The topological polar surface area (TPSA) is 55.0 Å². The minimum absolute atomic E-state index is 0.580. The summed E-state index contributed by atoms with van der Waals surface area (Å²) in [5, 5.41) is 0. The molecule has 2 heterocycles. The van der Waals surface area contributed by atoms with Crippen molar-refractivity contribution in [3.05, 3.63) is 65.1 Å². The Kier molecular flexibility index (Phi) is 4.70. The van der Waals surface area contributed by atoms with E-state index in [1.165, 1.54) is 5.57 Å². The van der Waals surface area contributed by atoms with Crippen LogP contribution in [0.3, 0.4) is 0 Å². The molecule has 1 aromatic heterocycles. The molecule has 1 aliphatic rings. The number of nitrogen functional groups attached to an aromatic ring is 1. The van der Waals surface area contributed by atoms with Crippen LogP contribution >= 0.6 is 0 Å². The minimum atomic E-state index is 0.580. The number of hydrogen-bond donors (Lipinski definition) is 1. The van der Waals surface area contributed by atoms with Gasteiger partial charge in [0.05, 0.1) is 0 Å². The molecule has 0 saturated carbocycles. The van der Waals surface area contributed by atoms with E-state index >= 15 is 0 Å². The van der Waals surface area contributed by atoms with Gasteiger partial charge < -0.3 is 5.73 Å². The molecule has 0 radical (unpaired) electrons. The summed E-state index contributed by atoms with van der Waals surface area (Å²) in [5.74, 6) is 7.78. The number of rotatable bonds is 2. The first kappa shape index (κ1) is 15.3. The van der Waals surface area contributed by atoms with Gasteiger partial charge in [0.15, 0.2) is 0 Å². The van der Waals surface area contributed by atoms with Crippen molar-refractivity contribution < 1.29 is 0 Å². The van der Waals surface area contributed by atoms with Gasteiger partial charge in [-0.25, -0.2) is 9.97 Å². The highest BCUT2D eigenvalue weighted by Gasteiger charge is 2.13. The largest absolute Gasteiger partial charge is 0.383 e. The summed E-state index contributed by atoms with van der Waals surface area (Å²) in [6.45, 7) is 4.48. The number of benzene rings is 1. The van der Waals surface area contributed by atoms with E-state index in [0.29, 0.717) is 11.6 Å². The smallest absolute Gasteiger partial charge is 0.131 e. The van der Waals surface area contributed by atoms with Crippen molar-refractivity contribution in [2.24, 2.45) is 0 Å². The maximum absolute atomic E-state index is 5.96. The predicted octanol–water partition coefficient (Wildman–Crippen LogP) is 2.55. The Labute approximate surface area is 137 Å². The van der Waals surface area contributed by atoms with Crippen LogP contribution in [0.4, 0.5) is 5.82 Å². The molecule has 3 rings (SSSR count). The highest BCUT2D eigenvalue weighted by Crippen LogP contribution is 2.16. The Bertz CT molecular complexity index is 769. The zero-order valence-electron chi connectivity index (χ0n) is 13.3. The lowest BCUT2D eigenvalue weighted by molar-refractivity contribution is 0.288. The standard InChI is InChI=1S/C19H20N4/c1-15-21-13-18(19(20)22-15)14-23-11-9-17(10-12-23)8-7-16-5-3-2-4-6-16/h2-6,9,13H,10-12,14H2,1H3,(H2,20,21,22). The van der Waals surface area contributed by atoms with E-state index in [9.17, 15) is 0 Å². The first-order valence-corrected chi connectivity index (χ1v) is 7.77. The molecule has 1 aromatic carbocycles. The van der Waals surface area contributed by atoms with Gasteiger partial charge in [-0.05, 0) is 25.5 Å². The van der Waals surface area contributed by atoms with E-state index in [4.69, 9.17) is 5.73 Å². The molecular formula is C19H20N4. The van der Waals surface area contributed by atoms with Crippen LogP contribution in [0.2, 0.25) is 0 Å². The quantitative estimate of drug-likeness (QED) is 0.866. The lowest BCUT2D eigenvalue weighted by Crippen LogP contribution is -2.28. The van der Waals surface area contributed by atoms with Gasteiger partial charge in [0, 0.05) is 42.5 Å². The molecule has 0 saturated heterocycles. The normalized spacial score (nSPS) is 14.7. The van der Waals surface area contributed by atoms with E-state index in [0.717, 1.165) is 37.2 Å². The van der Waals surface area contributed by atoms with Crippen LogP contribution in [0.5, 0.6) is 0 Å². The maximum Gasteiger partial charge on any atom is 0.131 e. The molecular weight excluding hydrogens is 284 g/mol. The summed E-state index contributed by atoms with van der Waals surface area (Å²) < 4.78 is 0. The van der Waals surface area contributed by atoms with E-state index in [1.807, 2.05) is 43.5 Å². The van der Waals surface area contributed by atoms with Crippen molar-refractivity contribution in [3.8, 4) is 11.8 Å². The van der Waals surface area contributed by atoms with Gasteiger partial charge >= 0.3 is 0 Å². The van der Waals surface area contributed by atoms with Crippen molar-refractivity contribution in [1.29, 1.82) is 0 Å². The summed E-state index contributed by atoms with van der Waals surface area (Å²) >= 11 is 0. The molecule has 4 heteroatoms. The minimum Gasteiger partial charge on any atom is -0.383 e. The predicted molar refractivity (Wildman–Crippen MR) is 92.5 cm³/mol. The van der Waals surface area contributed by atoms with Gasteiger partial charge in [0.25, 0.3) is 0 Å². The Balaban J connectivity index is 1.61. The molecule has 0 spiro atoms. The first-order chi connectivity index (χ1) is 11.2. The van der Waals surface area contributed by atoms with E-state index in [-0.39, 0.29) is 0 Å². The fourth-order valence-corrected chi connectivity index (χ4v) is 2.52. The molecule has 0 unspecified atom stereocenters. The van der Waals surface area contributed by atoms with Crippen LogP contribution in [0.15, 0.2) is 48.2 Å². The molecule has 23 heavy (non-hydrogen) atoms. The van der Waals surface area contributed by atoms with Crippen molar-refractivity contribution in [3.63, 3.8) is 0 Å². The summed E-state index contributed by atoms with van der Waals surface area (Å²) in [7, 11) is 0. The van der Waals surface area contributed by atoms with E-state index in [1.54, 1.807) is 0 Å². The maximum atomic E-state index is 5.96. The number of nitrogens with zero attached hydrogens (tertiary/aromatic N) is 3. The highest BCUT2D eigenvalue weighted by atomic mass is 15.1. The van der Waals surface area contributed by atoms with Gasteiger partial charge in [0.1, 0.15) is 11.6 Å². The Morgan fingerprint density at radius 1 is 1.22 bits per heavy atom. The number of anilines is 1. The summed E-state index contributed by atoms with van der Waals surface area (Å²) in [6, 6.07) is 10.1. The van der Waals surface area contributed by atoms with Gasteiger partial charge in [-0.1, -0.05) is 36.1 Å². The van der Waals surface area contributed by atoms with Crippen molar-refractivity contribution >= 4 is 5.82 Å². The second-order valence-corrected chi connectivity index (χ2v) is 5.66. The molecule has 1 aliphatic heterocycles. The Hall–Kier alpha value is -2.64. The average Bonchev–Trinajstić information content (AvgIpc) is 2.58. The molecule has 0 fully saturated rings. The van der Waals surface area contributed by atoms with Crippen LogP contribution < -0.4 is 5.73 Å². The van der Waals surface area contributed by atoms with Crippen LogP contribution in [-0.2, 0) is 6.54 Å². The number of aryl methyl sites for hydroxylation is 1. The monoisotopic (exact) mass is 304 g/mol. The third kappa shape index (κ3) is 4.18. The Morgan fingerprint density at radius 3 is 2.74 bits per heavy atom. The van der Waals surface area contributed by atoms with Crippen molar-refractivity contribution in [1.82, 2.24) is 14.9 Å². The number of nitrogens with two attached hydrogens (primary N) is 1. The summed E-state index contributed by atoms with van der Waals surface area (Å²) in [5.41, 5.74) is 9.21. The van der Waals surface area contributed by atoms with E-state index < -0.39 is 0 Å².